The summed E-state index contributed by atoms with van der Waals surface area (Å²) in [5.74, 6) is -0.461. The van der Waals surface area contributed by atoms with Crippen molar-refractivity contribution >= 4 is 23.4 Å². The van der Waals surface area contributed by atoms with Crippen molar-refractivity contribution in [2.75, 3.05) is 12.3 Å². The quantitative estimate of drug-likeness (QED) is 0.797. The lowest BCUT2D eigenvalue weighted by atomic mass is 10.2. The number of nitrogens with one attached hydrogen (secondary N) is 1. The molecule has 0 saturated heterocycles. The van der Waals surface area contributed by atoms with Gasteiger partial charge in [0.05, 0.1) is 24.1 Å². The summed E-state index contributed by atoms with van der Waals surface area (Å²) < 4.78 is 4.91. The van der Waals surface area contributed by atoms with Gasteiger partial charge in [0, 0.05) is 0 Å². The molecule has 0 aromatic carbocycles. The van der Waals surface area contributed by atoms with Crippen LogP contribution in [0.5, 0.6) is 0 Å². The number of carbonyl (C=O) groups excluding carboxylic acids is 1. The minimum atomic E-state index is -0.461. The molecule has 0 aliphatic heterocycles. The summed E-state index contributed by atoms with van der Waals surface area (Å²) in [7, 11) is 0. The van der Waals surface area contributed by atoms with Crippen LogP contribution in [0, 0.1) is 0 Å². The van der Waals surface area contributed by atoms with Crippen molar-refractivity contribution in [3.63, 3.8) is 0 Å². The first-order chi connectivity index (χ1) is 8.70. The number of H-pyrrole nitrogens is 1. The molecule has 0 amide bonds. The van der Waals surface area contributed by atoms with Crippen molar-refractivity contribution in [1.82, 2.24) is 20.2 Å². The fourth-order valence-corrected chi connectivity index (χ4v) is 1.91. The summed E-state index contributed by atoms with van der Waals surface area (Å²) >= 11 is 1.25. The Morgan fingerprint density at radius 2 is 2.39 bits per heavy atom. The van der Waals surface area contributed by atoms with Gasteiger partial charge < -0.3 is 10.5 Å². The number of nitrogen functional groups attached to an aromatic ring is 1. The van der Waals surface area contributed by atoms with E-state index in [1.807, 2.05) is 0 Å². The van der Waals surface area contributed by atoms with E-state index in [-0.39, 0.29) is 5.69 Å². The Morgan fingerprint density at radius 1 is 1.56 bits per heavy atom. The molecular formula is C10H11N5O2S. The van der Waals surface area contributed by atoms with Crippen LogP contribution in [0.1, 0.15) is 17.3 Å². The zero-order valence-electron chi connectivity index (χ0n) is 9.58. The number of hydrogen-bond acceptors (Lipinski definition) is 7. The smallest absolute Gasteiger partial charge is 0.340 e. The Hall–Kier alpha value is -2.09. The van der Waals surface area contributed by atoms with E-state index >= 15 is 0 Å². The molecule has 94 valence electrons. The van der Waals surface area contributed by atoms with Gasteiger partial charge in [0.15, 0.2) is 5.16 Å². The van der Waals surface area contributed by atoms with Crippen molar-refractivity contribution in [3.05, 3.63) is 24.2 Å². The predicted molar refractivity (Wildman–Crippen MR) is 65.1 cm³/mol. The number of carbonyl (C=O) groups is 1. The lowest BCUT2D eigenvalue weighted by Crippen LogP contribution is -2.08. The van der Waals surface area contributed by atoms with Crippen LogP contribution in [0.4, 0.5) is 5.69 Å². The van der Waals surface area contributed by atoms with E-state index in [0.717, 1.165) is 0 Å². The average molecular weight is 265 g/mol. The molecule has 3 N–H and O–H groups in total. The zero-order valence-corrected chi connectivity index (χ0v) is 10.4. The molecule has 2 aromatic heterocycles. The lowest BCUT2D eigenvalue weighted by molar-refractivity contribution is 0.0527. The van der Waals surface area contributed by atoms with Gasteiger partial charge >= 0.3 is 5.97 Å². The van der Waals surface area contributed by atoms with Gasteiger partial charge in [-0.05, 0) is 24.8 Å². The molecule has 0 spiro atoms. The largest absolute Gasteiger partial charge is 0.462 e. The van der Waals surface area contributed by atoms with Crippen molar-refractivity contribution in [2.45, 2.75) is 17.1 Å². The van der Waals surface area contributed by atoms with Crippen LogP contribution in [0.2, 0.25) is 0 Å². The normalized spacial score (nSPS) is 10.3. The molecule has 0 fully saturated rings. The van der Waals surface area contributed by atoms with Crippen LogP contribution < -0.4 is 5.73 Å². The van der Waals surface area contributed by atoms with E-state index in [4.69, 9.17) is 10.5 Å². The third kappa shape index (κ3) is 2.77. The van der Waals surface area contributed by atoms with Gasteiger partial charge in [-0.15, -0.1) is 0 Å². The predicted octanol–water partition coefficient (Wildman–Crippen LogP) is 1.11. The van der Waals surface area contributed by atoms with E-state index in [1.165, 1.54) is 24.3 Å². The fraction of sp³-hybridized carbons (Fsp3) is 0.200. The Labute approximate surface area is 107 Å². The number of pyridine rings is 1. The second-order valence-electron chi connectivity index (χ2n) is 3.22. The highest BCUT2D eigenvalue weighted by Gasteiger charge is 2.13. The summed E-state index contributed by atoms with van der Waals surface area (Å²) in [4.78, 5) is 19.7. The molecule has 0 bridgehead atoms. The number of nitrogens with two attached hydrogens (primary N) is 1. The molecule has 0 radical (unpaired) electrons. The number of aromatic amines is 1. The van der Waals surface area contributed by atoms with Crippen LogP contribution in [0.15, 0.2) is 28.8 Å². The lowest BCUT2D eigenvalue weighted by Gasteiger charge is -2.06. The number of esters is 1. The number of anilines is 1. The van der Waals surface area contributed by atoms with Gasteiger partial charge in [-0.3, -0.25) is 5.10 Å². The SMILES string of the molecule is CCOC(=O)c1cc(Sc2ncn[nH]2)ncc1N. The summed E-state index contributed by atoms with van der Waals surface area (Å²) in [6.07, 6.45) is 2.82. The highest BCUT2D eigenvalue weighted by molar-refractivity contribution is 7.99. The summed E-state index contributed by atoms with van der Waals surface area (Å²) in [6, 6.07) is 1.57. The van der Waals surface area contributed by atoms with E-state index in [1.54, 1.807) is 13.0 Å². The van der Waals surface area contributed by atoms with E-state index < -0.39 is 5.97 Å². The second-order valence-corrected chi connectivity index (χ2v) is 4.23. The van der Waals surface area contributed by atoms with Gasteiger partial charge in [-0.25, -0.2) is 14.8 Å². The van der Waals surface area contributed by atoms with Crippen molar-refractivity contribution in [1.29, 1.82) is 0 Å². The topological polar surface area (TPSA) is 107 Å². The van der Waals surface area contributed by atoms with E-state index in [2.05, 4.69) is 20.2 Å². The van der Waals surface area contributed by atoms with Crippen LogP contribution in [0.25, 0.3) is 0 Å². The Morgan fingerprint density at radius 3 is 3.06 bits per heavy atom. The molecule has 18 heavy (non-hydrogen) atoms. The molecule has 7 nitrogen and oxygen atoms in total. The summed E-state index contributed by atoms with van der Waals surface area (Å²) in [6.45, 7) is 2.03. The van der Waals surface area contributed by atoms with Crippen LogP contribution in [0.3, 0.4) is 0 Å². The third-order valence-electron chi connectivity index (χ3n) is 2.00. The monoisotopic (exact) mass is 265 g/mol. The van der Waals surface area contributed by atoms with E-state index in [9.17, 15) is 4.79 Å². The van der Waals surface area contributed by atoms with E-state index in [0.29, 0.717) is 22.4 Å². The maximum absolute atomic E-state index is 11.6. The minimum absolute atomic E-state index is 0.287. The average Bonchev–Trinajstić information content (AvgIpc) is 2.84. The summed E-state index contributed by atoms with van der Waals surface area (Å²) in [5, 5.41) is 7.58. The number of rotatable bonds is 4. The van der Waals surface area contributed by atoms with Crippen LogP contribution >= 0.6 is 11.8 Å². The third-order valence-corrected chi connectivity index (χ3v) is 2.82. The Balaban J connectivity index is 2.23. The highest BCUT2D eigenvalue weighted by atomic mass is 32.2. The Kier molecular flexibility index (Phi) is 3.78. The summed E-state index contributed by atoms with van der Waals surface area (Å²) in [5.41, 5.74) is 6.27. The molecule has 2 heterocycles. The van der Waals surface area contributed by atoms with Gasteiger partial charge in [0.1, 0.15) is 11.4 Å². The van der Waals surface area contributed by atoms with Crippen molar-refractivity contribution in [2.24, 2.45) is 0 Å². The second kappa shape index (κ2) is 5.50. The van der Waals surface area contributed by atoms with Crippen molar-refractivity contribution < 1.29 is 9.53 Å². The minimum Gasteiger partial charge on any atom is -0.462 e. The zero-order chi connectivity index (χ0) is 13.0. The molecular weight excluding hydrogens is 254 g/mol. The number of nitrogens with zero attached hydrogens (tertiary/aromatic N) is 3. The van der Waals surface area contributed by atoms with Gasteiger partial charge in [-0.1, -0.05) is 0 Å². The maximum atomic E-state index is 11.6. The van der Waals surface area contributed by atoms with Gasteiger partial charge in [0.2, 0.25) is 0 Å². The Bertz CT molecular complexity index is 543. The first-order valence-corrected chi connectivity index (χ1v) is 5.98. The molecule has 0 unspecified atom stereocenters. The van der Waals surface area contributed by atoms with Crippen LogP contribution in [-0.4, -0.2) is 32.7 Å². The van der Waals surface area contributed by atoms with Gasteiger partial charge in [0.25, 0.3) is 0 Å². The molecule has 0 aliphatic rings. The fourth-order valence-electron chi connectivity index (χ4n) is 1.23. The highest BCUT2D eigenvalue weighted by Crippen LogP contribution is 2.24. The standard InChI is InChI=1S/C10H11N5O2S/c1-2-17-9(16)6-3-8(12-4-7(6)11)18-10-13-5-14-15-10/h3-5H,2,11H2,1H3,(H,13,14,15). The molecule has 0 saturated carbocycles. The van der Waals surface area contributed by atoms with Gasteiger partial charge in [-0.2, -0.15) is 5.10 Å². The van der Waals surface area contributed by atoms with Crippen molar-refractivity contribution in [3.8, 4) is 0 Å². The molecule has 2 rings (SSSR count). The number of aromatic nitrogens is 4. The number of ether oxygens (including phenoxy) is 1. The van der Waals surface area contributed by atoms with Crippen LogP contribution in [-0.2, 0) is 4.74 Å². The first kappa shape index (κ1) is 12.4. The molecule has 8 heteroatoms. The molecule has 0 aliphatic carbocycles. The maximum Gasteiger partial charge on any atom is 0.340 e. The first-order valence-electron chi connectivity index (χ1n) is 5.16. The molecule has 2 aromatic rings. The number of hydrogen-bond donors (Lipinski definition) is 2. The molecule has 0 atom stereocenters.